The molecule has 1 aliphatic heterocycles. The van der Waals surface area contributed by atoms with Crippen molar-refractivity contribution in [2.75, 3.05) is 0 Å². The van der Waals surface area contributed by atoms with Crippen molar-refractivity contribution in [3.05, 3.63) is 64.1 Å². The summed E-state index contributed by atoms with van der Waals surface area (Å²) in [4.78, 5) is 28.3. The summed E-state index contributed by atoms with van der Waals surface area (Å²) in [5.41, 5.74) is 4.20. The Morgan fingerprint density at radius 1 is 0.929 bits per heavy atom. The molecular formula is C23H19NO2S2. The first-order valence-corrected chi connectivity index (χ1v) is 10.9. The van der Waals surface area contributed by atoms with Gasteiger partial charge in [-0.1, -0.05) is 85.7 Å². The van der Waals surface area contributed by atoms with Crippen LogP contribution in [0.5, 0.6) is 0 Å². The Hall–Kier alpha value is -2.24. The Morgan fingerprint density at radius 2 is 1.64 bits per heavy atom. The predicted octanol–water partition coefficient (Wildman–Crippen LogP) is 5.43. The third kappa shape index (κ3) is 2.76. The summed E-state index contributed by atoms with van der Waals surface area (Å²) in [5.74, 6) is 0.0627. The van der Waals surface area contributed by atoms with E-state index >= 15 is 0 Å². The van der Waals surface area contributed by atoms with Gasteiger partial charge in [-0.2, -0.15) is 0 Å². The molecule has 1 saturated heterocycles. The summed E-state index contributed by atoms with van der Waals surface area (Å²) in [7, 11) is 0. The number of rotatable bonds is 2. The Kier molecular flexibility index (Phi) is 4.44. The van der Waals surface area contributed by atoms with Crippen LogP contribution in [0.3, 0.4) is 0 Å². The molecule has 0 aromatic heterocycles. The number of nitrogens with zero attached hydrogens (tertiary/aromatic N) is 1. The molecule has 0 atom stereocenters. The van der Waals surface area contributed by atoms with Crippen LogP contribution in [0.4, 0.5) is 0 Å². The number of benzene rings is 2. The van der Waals surface area contributed by atoms with Gasteiger partial charge >= 0.3 is 0 Å². The van der Waals surface area contributed by atoms with Gasteiger partial charge < -0.3 is 0 Å². The first-order valence-electron chi connectivity index (χ1n) is 9.69. The summed E-state index contributed by atoms with van der Waals surface area (Å²) in [6.45, 7) is 0. The van der Waals surface area contributed by atoms with Crippen molar-refractivity contribution >= 4 is 46.1 Å². The number of ketones is 1. The minimum absolute atomic E-state index is 0.0112. The van der Waals surface area contributed by atoms with E-state index in [0.717, 1.165) is 47.9 Å². The fourth-order valence-corrected chi connectivity index (χ4v) is 5.89. The molecule has 2 aliphatic carbocycles. The van der Waals surface area contributed by atoms with E-state index in [2.05, 4.69) is 0 Å². The van der Waals surface area contributed by atoms with Crippen LogP contribution in [0.15, 0.2) is 47.4 Å². The first kappa shape index (κ1) is 17.8. The van der Waals surface area contributed by atoms with Gasteiger partial charge in [0, 0.05) is 22.7 Å². The van der Waals surface area contributed by atoms with Crippen LogP contribution in [0, 0.1) is 0 Å². The second-order valence-corrected chi connectivity index (χ2v) is 9.16. The maximum Gasteiger partial charge on any atom is 0.266 e. The van der Waals surface area contributed by atoms with Crippen LogP contribution < -0.4 is 0 Å². The molecule has 3 aliphatic rings. The molecule has 28 heavy (non-hydrogen) atoms. The SMILES string of the molecule is O=C1c2ccccc2-c2c(/C=C3\SC(=S)N(C4CCCCC4)C3=O)cccc21. The number of amides is 1. The lowest BCUT2D eigenvalue weighted by Gasteiger charge is -2.29. The van der Waals surface area contributed by atoms with E-state index in [4.69, 9.17) is 12.2 Å². The van der Waals surface area contributed by atoms with Gasteiger partial charge in [0.05, 0.1) is 4.91 Å². The summed E-state index contributed by atoms with van der Waals surface area (Å²) < 4.78 is 0.659. The molecule has 0 spiro atoms. The molecule has 140 valence electrons. The Morgan fingerprint density at radius 3 is 2.43 bits per heavy atom. The van der Waals surface area contributed by atoms with E-state index in [-0.39, 0.29) is 17.7 Å². The molecule has 0 bridgehead atoms. The maximum absolute atomic E-state index is 13.1. The molecule has 2 aromatic carbocycles. The topological polar surface area (TPSA) is 37.4 Å². The predicted molar refractivity (Wildman–Crippen MR) is 117 cm³/mol. The quantitative estimate of drug-likeness (QED) is 0.421. The van der Waals surface area contributed by atoms with Crippen LogP contribution in [-0.4, -0.2) is 27.0 Å². The molecule has 1 heterocycles. The van der Waals surface area contributed by atoms with Crippen molar-refractivity contribution in [2.24, 2.45) is 0 Å². The average molecular weight is 406 g/mol. The van der Waals surface area contributed by atoms with Gasteiger partial charge in [-0.25, -0.2) is 0 Å². The highest BCUT2D eigenvalue weighted by molar-refractivity contribution is 8.26. The second-order valence-electron chi connectivity index (χ2n) is 7.49. The number of hydrogen-bond acceptors (Lipinski definition) is 4. The average Bonchev–Trinajstić information content (AvgIpc) is 3.17. The Labute approximate surface area is 173 Å². The number of thioether (sulfide) groups is 1. The van der Waals surface area contributed by atoms with E-state index in [1.807, 2.05) is 53.4 Å². The molecular weight excluding hydrogens is 386 g/mol. The third-order valence-corrected chi connectivity index (χ3v) is 7.16. The highest BCUT2D eigenvalue weighted by Gasteiger charge is 2.38. The van der Waals surface area contributed by atoms with E-state index in [0.29, 0.717) is 14.8 Å². The molecule has 1 saturated carbocycles. The molecule has 3 nitrogen and oxygen atoms in total. The van der Waals surface area contributed by atoms with E-state index in [1.54, 1.807) is 0 Å². The molecule has 0 unspecified atom stereocenters. The van der Waals surface area contributed by atoms with Crippen molar-refractivity contribution in [3.63, 3.8) is 0 Å². The number of fused-ring (bicyclic) bond motifs is 3. The normalized spacial score (nSPS) is 20.8. The monoisotopic (exact) mass is 405 g/mol. The van der Waals surface area contributed by atoms with Gasteiger partial charge in [0.15, 0.2) is 5.78 Å². The maximum atomic E-state index is 13.1. The van der Waals surface area contributed by atoms with Gasteiger partial charge in [-0.05, 0) is 30.0 Å². The molecule has 5 heteroatoms. The lowest BCUT2D eigenvalue weighted by molar-refractivity contribution is -0.124. The summed E-state index contributed by atoms with van der Waals surface area (Å²) in [6, 6.07) is 13.6. The van der Waals surface area contributed by atoms with Gasteiger partial charge in [-0.3, -0.25) is 14.5 Å². The van der Waals surface area contributed by atoms with Crippen LogP contribution in [0.25, 0.3) is 17.2 Å². The number of carbonyl (C=O) groups excluding carboxylic acids is 2. The van der Waals surface area contributed by atoms with Gasteiger partial charge in [0.1, 0.15) is 4.32 Å². The minimum atomic E-state index is 0.0112. The van der Waals surface area contributed by atoms with E-state index in [1.165, 1.54) is 18.2 Å². The van der Waals surface area contributed by atoms with E-state index < -0.39 is 0 Å². The lowest BCUT2D eigenvalue weighted by atomic mass is 9.94. The number of carbonyl (C=O) groups is 2. The van der Waals surface area contributed by atoms with Crippen molar-refractivity contribution in [3.8, 4) is 11.1 Å². The van der Waals surface area contributed by atoms with Crippen molar-refractivity contribution in [1.82, 2.24) is 4.90 Å². The molecule has 1 amide bonds. The van der Waals surface area contributed by atoms with Crippen molar-refractivity contribution in [1.29, 1.82) is 0 Å². The third-order valence-electron chi connectivity index (χ3n) is 5.83. The van der Waals surface area contributed by atoms with Gasteiger partial charge in [0.2, 0.25) is 0 Å². The van der Waals surface area contributed by atoms with Crippen LogP contribution in [0.1, 0.15) is 53.6 Å². The van der Waals surface area contributed by atoms with Crippen LogP contribution >= 0.6 is 24.0 Å². The fourth-order valence-electron chi connectivity index (χ4n) is 4.50. The van der Waals surface area contributed by atoms with Crippen molar-refractivity contribution in [2.45, 2.75) is 38.1 Å². The molecule has 2 fully saturated rings. The summed E-state index contributed by atoms with van der Waals surface area (Å²) in [5, 5.41) is 0. The van der Waals surface area contributed by atoms with Crippen LogP contribution in [0.2, 0.25) is 0 Å². The zero-order valence-corrected chi connectivity index (χ0v) is 16.9. The Bertz CT molecular complexity index is 1050. The minimum Gasteiger partial charge on any atom is -0.290 e. The zero-order valence-electron chi connectivity index (χ0n) is 15.3. The summed E-state index contributed by atoms with van der Waals surface area (Å²) in [6.07, 6.45) is 7.53. The van der Waals surface area contributed by atoms with Crippen molar-refractivity contribution < 1.29 is 9.59 Å². The lowest BCUT2D eigenvalue weighted by Crippen LogP contribution is -2.39. The second kappa shape index (κ2) is 6.98. The summed E-state index contributed by atoms with van der Waals surface area (Å²) >= 11 is 6.93. The van der Waals surface area contributed by atoms with Crippen LogP contribution in [-0.2, 0) is 4.79 Å². The van der Waals surface area contributed by atoms with Gasteiger partial charge in [0.25, 0.3) is 5.91 Å². The zero-order chi connectivity index (χ0) is 19.3. The molecule has 2 aromatic rings. The standard InChI is InChI=1S/C23H19NO2S2/c25-21-17-11-5-4-10-16(17)20-14(7-6-12-18(20)21)13-19-22(26)24(23(27)28-19)15-8-2-1-3-9-15/h4-7,10-13,15H,1-3,8-9H2/b19-13-. The highest BCUT2D eigenvalue weighted by atomic mass is 32.2. The molecule has 0 radical (unpaired) electrons. The number of hydrogen-bond donors (Lipinski definition) is 0. The van der Waals surface area contributed by atoms with E-state index in [9.17, 15) is 9.59 Å². The fraction of sp³-hybridized carbons (Fsp3) is 0.261. The largest absolute Gasteiger partial charge is 0.290 e. The molecule has 0 N–H and O–H groups in total. The molecule has 5 rings (SSSR count). The number of thiocarbonyl (C=S) groups is 1. The Balaban J connectivity index is 1.55. The first-order chi connectivity index (χ1) is 13.6. The highest BCUT2D eigenvalue weighted by Crippen LogP contribution is 2.42. The van der Waals surface area contributed by atoms with Gasteiger partial charge in [-0.15, -0.1) is 0 Å². The smallest absolute Gasteiger partial charge is 0.266 e.